The number of nitrogens with zero attached hydrogens (tertiary/aromatic N) is 1. The van der Waals surface area contributed by atoms with Gasteiger partial charge in [0.15, 0.2) is 0 Å². The van der Waals surface area contributed by atoms with Crippen LogP contribution in [0.1, 0.15) is 39.0 Å². The molecule has 4 nitrogen and oxygen atoms in total. The average Bonchev–Trinajstić information content (AvgIpc) is 2.40. The summed E-state index contributed by atoms with van der Waals surface area (Å²) in [5.74, 6) is 10.00. The van der Waals surface area contributed by atoms with Gasteiger partial charge < -0.3 is 4.90 Å². The molecule has 19 heavy (non-hydrogen) atoms. The maximum atomic E-state index is 12.1. The quantitative estimate of drug-likeness (QED) is 0.596. The maximum Gasteiger partial charge on any atom is 0.240 e. The van der Waals surface area contributed by atoms with Crippen molar-refractivity contribution in [2.24, 2.45) is 35.4 Å². The molecular weight excluding hydrogens is 238 g/mol. The van der Waals surface area contributed by atoms with Crippen molar-refractivity contribution in [2.75, 3.05) is 13.6 Å². The molecule has 4 bridgehead atoms. The highest BCUT2D eigenvalue weighted by Gasteiger charge is 2.48. The van der Waals surface area contributed by atoms with Gasteiger partial charge in [-0.2, -0.15) is 0 Å². The minimum atomic E-state index is -0.276. The maximum absolute atomic E-state index is 12.1. The van der Waals surface area contributed by atoms with Crippen molar-refractivity contribution in [3.8, 4) is 0 Å². The molecule has 0 radical (unpaired) electrons. The first kappa shape index (κ1) is 13.4. The van der Waals surface area contributed by atoms with Crippen LogP contribution in [0.4, 0.5) is 0 Å². The molecule has 0 saturated heterocycles. The van der Waals surface area contributed by atoms with E-state index < -0.39 is 0 Å². The Morgan fingerprint density at radius 2 is 1.74 bits per heavy atom. The summed E-state index contributed by atoms with van der Waals surface area (Å²) in [6.45, 7) is 2.76. The van der Waals surface area contributed by atoms with Crippen molar-refractivity contribution < 1.29 is 4.79 Å². The molecule has 0 aliphatic heterocycles. The highest BCUT2D eigenvalue weighted by atomic mass is 16.2. The summed E-state index contributed by atoms with van der Waals surface area (Å²) in [7, 11) is 1.93. The van der Waals surface area contributed by atoms with E-state index in [2.05, 4.69) is 5.43 Å². The monoisotopic (exact) mass is 265 g/mol. The van der Waals surface area contributed by atoms with Crippen LogP contribution in [-0.4, -0.2) is 30.4 Å². The molecule has 108 valence electrons. The number of nitrogens with two attached hydrogens (primary N) is 1. The first-order valence-electron chi connectivity index (χ1n) is 7.79. The third-order valence-electron chi connectivity index (χ3n) is 5.90. The summed E-state index contributed by atoms with van der Waals surface area (Å²) in [5, 5.41) is 0. The van der Waals surface area contributed by atoms with E-state index in [1.165, 1.54) is 32.1 Å². The lowest BCUT2D eigenvalue weighted by Crippen LogP contribution is -2.52. The van der Waals surface area contributed by atoms with Gasteiger partial charge >= 0.3 is 0 Å². The van der Waals surface area contributed by atoms with Gasteiger partial charge in [0, 0.05) is 13.6 Å². The van der Waals surface area contributed by atoms with Gasteiger partial charge in [-0.25, -0.2) is 5.43 Å². The molecule has 1 unspecified atom stereocenters. The standard InChI is InChI=1S/C15H27N3O/c1-9(17-16)15(19)18(2)8-14-12-4-10-3-11(6-12)7-13(14)5-10/h9-14,17H,3-8,16H2,1-2H3. The lowest BCUT2D eigenvalue weighted by molar-refractivity contribution is -0.134. The van der Waals surface area contributed by atoms with Crippen LogP contribution in [0.15, 0.2) is 0 Å². The number of hydrogen-bond acceptors (Lipinski definition) is 3. The van der Waals surface area contributed by atoms with Gasteiger partial charge in [-0.3, -0.25) is 10.6 Å². The van der Waals surface area contributed by atoms with Gasteiger partial charge in [-0.1, -0.05) is 0 Å². The van der Waals surface area contributed by atoms with Crippen LogP contribution in [0.5, 0.6) is 0 Å². The minimum absolute atomic E-state index is 0.122. The zero-order valence-corrected chi connectivity index (χ0v) is 12.1. The van der Waals surface area contributed by atoms with Gasteiger partial charge in [0.1, 0.15) is 0 Å². The molecule has 1 atom stereocenters. The molecule has 4 saturated carbocycles. The Balaban J connectivity index is 1.62. The molecule has 4 aliphatic rings. The van der Waals surface area contributed by atoms with E-state index in [4.69, 9.17) is 5.84 Å². The first-order chi connectivity index (χ1) is 9.08. The second-order valence-electron chi connectivity index (χ2n) is 7.20. The van der Waals surface area contributed by atoms with Gasteiger partial charge in [0.05, 0.1) is 6.04 Å². The second-order valence-corrected chi connectivity index (χ2v) is 7.20. The number of nitrogens with one attached hydrogen (secondary N) is 1. The van der Waals surface area contributed by atoms with Crippen molar-refractivity contribution in [3.05, 3.63) is 0 Å². The molecule has 0 spiro atoms. The lowest BCUT2D eigenvalue weighted by Gasteiger charge is -2.55. The van der Waals surface area contributed by atoms with Crippen molar-refractivity contribution in [1.82, 2.24) is 10.3 Å². The van der Waals surface area contributed by atoms with Crippen LogP contribution < -0.4 is 11.3 Å². The van der Waals surface area contributed by atoms with Crippen LogP contribution in [0.3, 0.4) is 0 Å². The third-order valence-corrected chi connectivity index (χ3v) is 5.90. The summed E-state index contributed by atoms with van der Waals surface area (Å²) < 4.78 is 0. The molecule has 4 aliphatic carbocycles. The Labute approximate surface area is 116 Å². The van der Waals surface area contributed by atoms with Crippen LogP contribution in [0.25, 0.3) is 0 Å². The predicted octanol–water partition coefficient (Wildman–Crippen LogP) is 1.37. The van der Waals surface area contributed by atoms with Crippen LogP contribution in [-0.2, 0) is 4.79 Å². The van der Waals surface area contributed by atoms with E-state index in [0.717, 1.165) is 36.1 Å². The molecule has 0 heterocycles. The fraction of sp³-hybridized carbons (Fsp3) is 0.933. The van der Waals surface area contributed by atoms with E-state index in [-0.39, 0.29) is 11.9 Å². The molecule has 0 aromatic heterocycles. The lowest BCUT2D eigenvalue weighted by atomic mass is 9.52. The summed E-state index contributed by atoms with van der Waals surface area (Å²) in [6, 6.07) is -0.276. The number of rotatable bonds is 4. The Bertz CT molecular complexity index is 329. The fourth-order valence-corrected chi connectivity index (χ4v) is 5.14. The molecule has 1 amide bonds. The second kappa shape index (κ2) is 5.06. The Kier molecular flexibility index (Phi) is 3.56. The predicted molar refractivity (Wildman–Crippen MR) is 75.0 cm³/mol. The van der Waals surface area contributed by atoms with Crippen molar-refractivity contribution in [2.45, 2.75) is 45.1 Å². The number of likely N-dealkylation sites (N-methyl/N-ethyl adjacent to an activating group) is 1. The van der Waals surface area contributed by atoms with Crippen LogP contribution in [0.2, 0.25) is 0 Å². The van der Waals surface area contributed by atoms with Gasteiger partial charge in [-0.15, -0.1) is 0 Å². The van der Waals surface area contributed by atoms with E-state index >= 15 is 0 Å². The van der Waals surface area contributed by atoms with E-state index in [9.17, 15) is 4.79 Å². The topological polar surface area (TPSA) is 58.4 Å². The number of hydrogen-bond donors (Lipinski definition) is 2. The first-order valence-corrected chi connectivity index (χ1v) is 7.79. The summed E-state index contributed by atoms with van der Waals surface area (Å²) in [6.07, 6.45) is 7.17. The molecule has 0 aromatic carbocycles. The fourth-order valence-electron chi connectivity index (χ4n) is 5.14. The zero-order valence-electron chi connectivity index (χ0n) is 12.1. The van der Waals surface area contributed by atoms with Crippen LogP contribution >= 0.6 is 0 Å². The Morgan fingerprint density at radius 1 is 1.21 bits per heavy atom. The van der Waals surface area contributed by atoms with Crippen LogP contribution in [0, 0.1) is 29.6 Å². The van der Waals surface area contributed by atoms with E-state index in [0.29, 0.717) is 0 Å². The molecule has 4 fully saturated rings. The van der Waals surface area contributed by atoms with E-state index in [1.807, 2.05) is 18.9 Å². The smallest absolute Gasteiger partial charge is 0.240 e. The number of carbonyl (C=O) groups excluding carboxylic acids is 1. The number of hydrazine groups is 1. The minimum Gasteiger partial charge on any atom is -0.344 e. The summed E-state index contributed by atoms with van der Waals surface area (Å²) >= 11 is 0. The zero-order chi connectivity index (χ0) is 13.6. The molecule has 3 N–H and O–H groups in total. The summed E-state index contributed by atoms with van der Waals surface area (Å²) in [5.41, 5.74) is 2.56. The molecule has 4 rings (SSSR count). The van der Waals surface area contributed by atoms with Gasteiger partial charge in [0.2, 0.25) is 5.91 Å². The van der Waals surface area contributed by atoms with Crippen molar-refractivity contribution in [3.63, 3.8) is 0 Å². The molecular formula is C15H27N3O. The van der Waals surface area contributed by atoms with Crippen molar-refractivity contribution >= 4 is 5.91 Å². The number of amides is 1. The van der Waals surface area contributed by atoms with Gasteiger partial charge in [0.25, 0.3) is 0 Å². The third kappa shape index (κ3) is 2.40. The summed E-state index contributed by atoms with van der Waals surface area (Å²) in [4.78, 5) is 14.0. The van der Waals surface area contributed by atoms with Gasteiger partial charge in [-0.05, 0) is 68.6 Å². The molecule has 4 heteroatoms. The Hall–Kier alpha value is -0.610. The van der Waals surface area contributed by atoms with E-state index in [1.54, 1.807) is 0 Å². The number of carbonyl (C=O) groups is 1. The Morgan fingerprint density at radius 3 is 2.21 bits per heavy atom. The highest BCUT2D eigenvalue weighted by Crippen LogP contribution is 2.56. The molecule has 0 aromatic rings. The average molecular weight is 265 g/mol. The SMILES string of the molecule is CC(NN)C(=O)N(C)CC1C2CC3CC(C2)CC1C3. The highest BCUT2D eigenvalue weighted by molar-refractivity contribution is 5.81. The normalized spacial score (nSPS) is 41.3. The largest absolute Gasteiger partial charge is 0.344 e. The van der Waals surface area contributed by atoms with Crippen molar-refractivity contribution in [1.29, 1.82) is 0 Å².